The van der Waals surface area contributed by atoms with Crippen molar-refractivity contribution in [3.05, 3.63) is 206 Å². The molecule has 2 aromatic heterocycles. The molecule has 4 nitrogen and oxygen atoms in total. The van der Waals surface area contributed by atoms with Gasteiger partial charge in [0.2, 0.25) is 0 Å². The van der Waals surface area contributed by atoms with E-state index in [1.54, 1.807) is 42.5 Å². The van der Waals surface area contributed by atoms with Crippen molar-refractivity contribution >= 4 is 21.8 Å². The third-order valence-corrected chi connectivity index (χ3v) is 8.43. The van der Waals surface area contributed by atoms with Crippen LogP contribution in [-0.2, 0) is 0 Å². The topological polar surface area (TPSA) is 43.6 Å². The van der Waals surface area contributed by atoms with Crippen LogP contribution >= 0.6 is 0 Å². The number of fused-ring (bicyclic) bond motifs is 3. The van der Waals surface area contributed by atoms with Crippen LogP contribution in [0.1, 0.15) is 34.3 Å². The SMILES string of the molecule is [2H]c1c([2H])c([2H])c(-c2c([2H])c([2H])c([2H])c(-c3nc(-c4cccc(-c5ccccc5)c4)nc(-c4c([2H])c([2H])c(-n5c6c([2H])c([2H])c([2H])c([2H])c6c6c([2H])c(-c7c([2H])c([2H])c([2H])c([2H])c7[2H])c([2H])c([2H])c65)c([2H])c4[2H])n3)c2[2H])c([2H])c1[2H]. The maximum absolute atomic E-state index is 9.62. The van der Waals surface area contributed by atoms with Gasteiger partial charge in [-0.05, 0) is 87.8 Å². The van der Waals surface area contributed by atoms with Gasteiger partial charge in [-0.1, -0.05) is 151 Å². The number of hydrogen-bond acceptors (Lipinski definition) is 3. The van der Waals surface area contributed by atoms with E-state index >= 15 is 0 Å². The zero-order chi connectivity index (χ0) is 58.3. The molecule has 10 aromatic rings. The number of benzene rings is 8. The van der Waals surface area contributed by atoms with Crippen LogP contribution in [-0.4, -0.2) is 19.5 Å². The smallest absolute Gasteiger partial charge is 0.164 e. The molecule has 8 aromatic carbocycles. The Kier molecular flexibility index (Phi) is 3.90. The second-order valence-corrected chi connectivity index (χ2v) is 11.8. The molecular formula is C51H34N4. The van der Waals surface area contributed by atoms with Crippen LogP contribution in [0.4, 0.5) is 0 Å². The summed E-state index contributed by atoms with van der Waals surface area (Å²) in [4.78, 5) is 13.7. The molecule has 0 amide bonds. The van der Waals surface area contributed by atoms with Gasteiger partial charge in [-0.15, -0.1) is 0 Å². The highest BCUT2D eigenvalue weighted by molar-refractivity contribution is 6.10. The molecule has 2 heterocycles. The molecule has 258 valence electrons. The predicted octanol–water partition coefficient (Wildman–Crippen LogP) is 13.0. The second kappa shape index (κ2) is 13.8. The molecule has 4 heteroatoms. The van der Waals surface area contributed by atoms with E-state index in [0.29, 0.717) is 5.56 Å². The first-order valence-electron chi connectivity index (χ1n) is 29.0. The fourth-order valence-electron chi connectivity index (χ4n) is 5.92. The van der Waals surface area contributed by atoms with Crippen LogP contribution in [0.5, 0.6) is 0 Å². The van der Waals surface area contributed by atoms with Gasteiger partial charge in [-0.2, -0.15) is 0 Å². The summed E-state index contributed by atoms with van der Waals surface area (Å²) in [6.07, 6.45) is 0. The number of rotatable bonds is 7. The first-order valence-corrected chi connectivity index (χ1v) is 16.5. The minimum Gasteiger partial charge on any atom is -0.309 e. The molecule has 0 fully saturated rings. The van der Waals surface area contributed by atoms with Crippen molar-refractivity contribution < 1.29 is 34.3 Å². The van der Waals surface area contributed by atoms with Crippen LogP contribution in [0.2, 0.25) is 0 Å². The Labute approximate surface area is 354 Å². The second-order valence-electron chi connectivity index (χ2n) is 11.8. The molecule has 0 atom stereocenters. The number of nitrogens with zero attached hydrogens (tertiary/aromatic N) is 4. The van der Waals surface area contributed by atoms with E-state index in [0.717, 1.165) is 10.1 Å². The molecule has 0 saturated heterocycles. The van der Waals surface area contributed by atoms with Gasteiger partial charge in [-0.25, -0.2) is 15.0 Å². The largest absolute Gasteiger partial charge is 0.309 e. The average Bonchev–Trinajstić information content (AvgIpc) is 3.97. The van der Waals surface area contributed by atoms with Gasteiger partial charge in [0, 0.05) is 33.2 Å². The van der Waals surface area contributed by atoms with Gasteiger partial charge in [0.1, 0.15) is 0 Å². The number of hydrogen-bond donors (Lipinski definition) is 0. The third-order valence-electron chi connectivity index (χ3n) is 8.43. The molecule has 0 N–H and O–H groups in total. The Balaban J connectivity index is 1.30. The summed E-state index contributed by atoms with van der Waals surface area (Å²) in [5.74, 6) is -1.56. The maximum atomic E-state index is 9.62. The summed E-state index contributed by atoms with van der Waals surface area (Å²) in [5.41, 5.74) is -4.37. The standard InChI is InChI=1S/C51H34N4/c1-4-14-35(15-5-1)39-20-12-22-42(32-39)50-52-49(53-51(54-50)43-23-13-21-40(33-43)36-16-6-2-7-17-36)38-26-29-44(30-27-38)55-47-25-11-10-24-45(47)46-34-41(28-31-48(46)55)37-18-8-3-9-19-37/h1-34H/i1D,3D,4D,5D,8D,9D,10D,11D,12D,14D,15D,18D,19D,20D,22D,24D,25D,26D,27D,28D,29D,30D,31D,32D,34D. The summed E-state index contributed by atoms with van der Waals surface area (Å²) >= 11 is 0. The summed E-state index contributed by atoms with van der Waals surface area (Å²) in [5, 5.41) is -1.05. The number of para-hydroxylation sites is 1. The lowest BCUT2D eigenvalue weighted by atomic mass is 10.0. The zero-order valence-corrected chi connectivity index (χ0v) is 28.0. The summed E-state index contributed by atoms with van der Waals surface area (Å²) in [6, 6.07) is -6.02. The van der Waals surface area contributed by atoms with Gasteiger partial charge < -0.3 is 4.57 Å². The molecule has 0 aliphatic carbocycles. The minimum atomic E-state index is -0.980. The Morgan fingerprint density at radius 2 is 0.891 bits per heavy atom. The summed E-state index contributed by atoms with van der Waals surface area (Å²) in [7, 11) is 0. The van der Waals surface area contributed by atoms with Gasteiger partial charge in [0.05, 0.1) is 45.3 Å². The highest BCUT2D eigenvalue weighted by Gasteiger charge is 2.16. The van der Waals surface area contributed by atoms with E-state index < -0.39 is 224 Å². The van der Waals surface area contributed by atoms with E-state index in [1.165, 1.54) is 0 Å². The summed E-state index contributed by atoms with van der Waals surface area (Å²) in [6.45, 7) is 0. The first kappa shape index (κ1) is 15.5. The Morgan fingerprint density at radius 3 is 1.64 bits per heavy atom. The molecule has 0 spiro atoms. The molecule has 0 bridgehead atoms. The molecule has 0 unspecified atom stereocenters. The van der Waals surface area contributed by atoms with Gasteiger partial charge in [0.25, 0.3) is 0 Å². The van der Waals surface area contributed by atoms with Crippen molar-refractivity contribution in [1.29, 1.82) is 0 Å². The lowest BCUT2D eigenvalue weighted by Crippen LogP contribution is -2.01. The predicted molar refractivity (Wildman–Crippen MR) is 227 cm³/mol. The maximum Gasteiger partial charge on any atom is 0.164 e. The fraction of sp³-hybridized carbons (Fsp3) is 0. The van der Waals surface area contributed by atoms with E-state index in [1.807, 2.05) is 12.1 Å². The van der Waals surface area contributed by atoms with E-state index in [-0.39, 0.29) is 11.4 Å². The molecule has 0 saturated carbocycles. The van der Waals surface area contributed by atoms with Gasteiger partial charge in [0.15, 0.2) is 17.5 Å². The van der Waals surface area contributed by atoms with Crippen molar-refractivity contribution in [3.63, 3.8) is 0 Å². The van der Waals surface area contributed by atoms with Crippen molar-refractivity contribution in [3.8, 4) is 73.2 Å². The Hall–Kier alpha value is -7.43. The molecule has 0 radical (unpaired) electrons. The van der Waals surface area contributed by atoms with Gasteiger partial charge >= 0.3 is 0 Å². The van der Waals surface area contributed by atoms with Crippen LogP contribution in [0.3, 0.4) is 0 Å². The Morgan fingerprint density at radius 1 is 0.345 bits per heavy atom. The quantitative estimate of drug-likeness (QED) is 0.164. The van der Waals surface area contributed by atoms with Crippen LogP contribution in [0, 0.1) is 0 Å². The molecular weight excluding hydrogens is 669 g/mol. The van der Waals surface area contributed by atoms with Crippen LogP contribution in [0.15, 0.2) is 206 Å². The van der Waals surface area contributed by atoms with E-state index in [2.05, 4.69) is 15.0 Å². The van der Waals surface area contributed by atoms with Gasteiger partial charge in [-0.3, -0.25) is 0 Å². The zero-order valence-electron chi connectivity index (χ0n) is 53.0. The fourth-order valence-corrected chi connectivity index (χ4v) is 5.92. The average molecular weight is 728 g/mol. The monoisotopic (exact) mass is 727 g/mol. The molecule has 55 heavy (non-hydrogen) atoms. The van der Waals surface area contributed by atoms with Crippen molar-refractivity contribution in [1.82, 2.24) is 19.5 Å². The summed E-state index contributed by atoms with van der Waals surface area (Å²) < 4.78 is 223. The van der Waals surface area contributed by atoms with Crippen LogP contribution < -0.4 is 0 Å². The minimum absolute atomic E-state index is 0.220. The van der Waals surface area contributed by atoms with Crippen molar-refractivity contribution in [2.24, 2.45) is 0 Å². The molecule has 0 aliphatic heterocycles. The van der Waals surface area contributed by atoms with E-state index in [4.69, 9.17) is 23.3 Å². The van der Waals surface area contributed by atoms with E-state index in [9.17, 15) is 11.0 Å². The lowest BCUT2D eigenvalue weighted by Gasteiger charge is -2.12. The number of aromatic nitrogens is 4. The lowest BCUT2D eigenvalue weighted by molar-refractivity contribution is 1.07. The highest BCUT2D eigenvalue weighted by Crippen LogP contribution is 2.36. The third kappa shape index (κ3) is 6.16. The Bertz CT molecular complexity index is 4340. The molecule has 10 rings (SSSR count). The first-order chi connectivity index (χ1) is 37.7. The molecule has 0 aliphatic rings. The normalized spacial score (nSPS) is 17.6. The highest BCUT2D eigenvalue weighted by atomic mass is 15.0. The van der Waals surface area contributed by atoms with Crippen molar-refractivity contribution in [2.45, 2.75) is 0 Å². The van der Waals surface area contributed by atoms with Crippen LogP contribution in [0.25, 0.3) is 95.0 Å². The van der Waals surface area contributed by atoms with Crippen molar-refractivity contribution in [2.75, 3.05) is 0 Å².